The molecule has 5 nitrogen and oxygen atoms in total. The molecule has 0 bridgehead atoms. The molecule has 0 aliphatic carbocycles. The Balaban J connectivity index is 2.05. The Morgan fingerprint density at radius 1 is 1.37 bits per heavy atom. The van der Waals surface area contributed by atoms with E-state index in [0.29, 0.717) is 30.1 Å². The van der Waals surface area contributed by atoms with Crippen LogP contribution in [0.5, 0.6) is 0 Å². The molecule has 2 rings (SSSR count). The fourth-order valence-corrected chi connectivity index (χ4v) is 2.13. The zero-order valence-electron chi connectivity index (χ0n) is 11.4. The predicted octanol–water partition coefficient (Wildman–Crippen LogP) is 2.30. The summed E-state index contributed by atoms with van der Waals surface area (Å²) in [6.07, 6.45) is 5.25. The van der Waals surface area contributed by atoms with Gasteiger partial charge in [-0.15, -0.1) is 0 Å². The molecule has 2 heterocycles. The van der Waals surface area contributed by atoms with Gasteiger partial charge in [0.15, 0.2) is 0 Å². The lowest BCUT2D eigenvalue weighted by Crippen LogP contribution is -2.19. The maximum Gasteiger partial charge on any atom is 0.227 e. The van der Waals surface area contributed by atoms with Gasteiger partial charge >= 0.3 is 0 Å². The SMILES string of the molecule is CC(C)C[C@H](CN)Cc1nc(-c2cccnc2)no1. The van der Waals surface area contributed by atoms with E-state index in [-0.39, 0.29) is 0 Å². The van der Waals surface area contributed by atoms with Crippen molar-refractivity contribution in [3.8, 4) is 11.4 Å². The lowest BCUT2D eigenvalue weighted by atomic mass is 9.94. The van der Waals surface area contributed by atoms with Gasteiger partial charge in [0.1, 0.15) is 0 Å². The van der Waals surface area contributed by atoms with Crippen LogP contribution in [0.25, 0.3) is 11.4 Å². The first-order valence-corrected chi connectivity index (χ1v) is 6.62. The first kappa shape index (κ1) is 13.7. The summed E-state index contributed by atoms with van der Waals surface area (Å²) >= 11 is 0. The third kappa shape index (κ3) is 3.86. The van der Waals surface area contributed by atoms with E-state index < -0.39 is 0 Å². The van der Waals surface area contributed by atoms with Gasteiger partial charge in [-0.05, 0) is 36.9 Å². The highest BCUT2D eigenvalue weighted by atomic mass is 16.5. The van der Waals surface area contributed by atoms with Crippen LogP contribution in [-0.2, 0) is 6.42 Å². The van der Waals surface area contributed by atoms with Crippen molar-refractivity contribution in [1.82, 2.24) is 15.1 Å². The summed E-state index contributed by atoms with van der Waals surface area (Å²) in [5.74, 6) is 2.25. The molecule has 0 amide bonds. The second kappa shape index (κ2) is 6.43. The number of pyridine rings is 1. The fraction of sp³-hybridized carbons (Fsp3) is 0.500. The minimum atomic E-state index is 0.391. The summed E-state index contributed by atoms with van der Waals surface area (Å²) in [4.78, 5) is 8.45. The summed E-state index contributed by atoms with van der Waals surface area (Å²) in [7, 11) is 0. The summed E-state index contributed by atoms with van der Waals surface area (Å²) in [5, 5.41) is 3.99. The zero-order chi connectivity index (χ0) is 13.7. The van der Waals surface area contributed by atoms with Crippen molar-refractivity contribution in [2.24, 2.45) is 17.6 Å². The molecule has 0 unspecified atom stereocenters. The average molecular weight is 260 g/mol. The minimum absolute atomic E-state index is 0.391. The Labute approximate surface area is 113 Å². The number of aromatic nitrogens is 3. The normalized spacial score (nSPS) is 12.8. The Bertz CT molecular complexity index is 495. The van der Waals surface area contributed by atoms with E-state index in [1.54, 1.807) is 12.4 Å². The fourth-order valence-electron chi connectivity index (χ4n) is 2.13. The van der Waals surface area contributed by atoms with Crippen LogP contribution < -0.4 is 5.73 Å². The summed E-state index contributed by atoms with van der Waals surface area (Å²) in [6.45, 7) is 5.03. The Kier molecular flexibility index (Phi) is 4.63. The monoisotopic (exact) mass is 260 g/mol. The molecule has 0 aromatic carbocycles. The molecule has 2 aromatic rings. The highest BCUT2D eigenvalue weighted by Gasteiger charge is 2.15. The number of hydrogen-bond acceptors (Lipinski definition) is 5. The molecule has 0 spiro atoms. The van der Waals surface area contributed by atoms with Crippen LogP contribution in [-0.4, -0.2) is 21.7 Å². The first-order chi connectivity index (χ1) is 9.19. The molecule has 2 N–H and O–H groups in total. The van der Waals surface area contributed by atoms with E-state index in [1.165, 1.54) is 0 Å². The van der Waals surface area contributed by atoms with Crippen LogP contribution in [0.2, 0.25) is 0 Å². The van der Waals surface area contributed by atoms with E-state index in [2.05, 4.69) is 29.0 Å². The van der Waals surface area contributed by atoms with Gasteiger partial charge < -0.3 is 10.3 Å². The Morgan fingerprint density at radius 3 is 2.84 bits per heavy atom. The smallest absolute Gasteiger partial charge is 0.227 e. The van der Waals surface area contributed by atoms with Gasteiger partial charge in [0, 0.05) is 24.4 Å². The molecule has 5 heteroatoms. The van der Waals surface area contributed by atoms with Gasteiger partial charge in [0.2, 0.25) is 11.7 Å². The number of nitrogens with two attached hydrogens (primary N) is 1. The highest BCUT2D eigenvalue weighted by Crippen LogP contribution is 2.18. The molecule has 0 aliphatic rings. The van der Waals surface area contributed by atoms with Crippen molar-refractivity contribution in [2.75, 3.05) is 6.54 Å². The molecule has 19 heavy (non-hydrogen) atoms. The standard InChI is InChI=1S/C14H20N4O/c1-10(2)6-11(8-15)7-13-17-14(18-19-13)12-4-3-5-16-9-12/h3-5,9-11H,6-8,15H2,1-2H3/t11-/m0/s1. The molecule has 2 aromatic heterocycles. The second-order valence-corrected chi connectivity index (χ2v) is 5.19. The van der Waals surface area contributed by atoms with Crippen molar-refractivity contribution >= 4 is 0 Å². The maximum absolute atomic E-state index is 5.79. The number of hydrogen-bond donors (Lipinski definition) is 1. The third-order valence-corrected chi connectivity index (χ3v) is 2.99. The minimum Gasteiger partial charge on any atom is -0.339 e. The van der Waals surface area contributed by atoms with Gasteiger partial charge in [0.25, 0.3) is 0 Å². The third-order valence-electron chi connectivity index (χ3n) is 2.99. The molecule has 0 saturated carbocycles. The summed E-state index contributed by atoms with van der Waals surface area (Å²) < 4.78 is 5.29. The average Bonchev–Trinajstić information content (AvgIpc) is 2.87. The Hall–Kier alpha value is -1.75. The second-order valence-electron chi connectivity index (χ2n) is 5.19. The van der Waals surface area contributed by atoms with Crippen molar-refractivity contribution in [3.05, 3.63) is 30.4 Å². The molecular formula is C14H20N4O. The van der Waals surface area contributed by atoms with Crippen molar-refractivity contribution in [1.29, 1.82) is 0 Å². The Morgan fingerprint density at radius 2 is 2.21 bits per heavy atom. The summed E-state index contributed by atoms with van der Waals surface area (Å²) in [6, 6.07) is 3.77. The van der Waals surface area contributed by atoms with Crippen LogP contribution in [0.1, 0.15) is 26.2 Å². The van der Waals surface area contributed by atoms with Crippen LogP contribution in [0, 0.1) is 11.8 Å². The molecule has 102 valence electrons. The highest BCUT2D eigenvalue weighted by molar-refractivity contribution is 5.51. The lowest BCUT2D eigenvalue weighted by Gasteiger charge is -2.14. The van der Waals surface area contributed by atoms with Gasteiger partial charge in [-0.1, -0.05) is 19.0 Å². The topological polar surface area (TPSA) is 77.8 Å². The van der Waals surface area contributed by atoms with Crippen LogP contribution in [0.3, 0.4) is 0 Å². The van der Waals surface area contributed by atoms with E-state index >= 15 is 0 Å². The quantitative estimate of drug-likeness (QED) is 0.862. The van der Waals surface area contributed by atoms with Gasteiger partial charge in [0.05, 0.1) is 0 Å². The van der Waals surface area contributed by atoms with Gasteiger partial charge in [-0.2, -0.15) is 4.98 Å². The van der Waals surface area contributed by atoms with Gasteiger partial charge in [-0.3, -0.25) is 4.98 Å². The van der Waals surface area contributed by atoms with Crippen LogP contribution >= 0.6 is 0 Å². The van der Waals surface area contributed by atoms with E-state index in [1.807, 2.05) is 12.1 Å². The summed E-state index contributed by atoms with van der Waals surface area (Å²) in [5.41, 5.74) is 6.65. The maximum atomic E-state index is 5.79. The molecule has 0 fully saturated rings. The van der Waals surface area contributed by atoms with E-state index in [0.717, 1.165) is 18.4 Å². The predicted molar refractivity (Wildman–Crippen MR) is 73.2 cm³/mol. The molecule has 0 saturated heterocycles. The van der Waals surface area contributed by atoms with E-state index in [9.17, 15) is 0 Å². The molecule has 0 radical (unpaired) electrons. The zero-order valence-corrected chi connectivity index (χ0v) is 11.4. The molecular weight excluding hydrogens is 240 g/mol. The molecule has 1 atom stereocenters. The number of rotatable bonds is 6. The number of nitrogens with zero attached hydrogens (tertiary/aromatic N) is 3. The van der Waals surface area contributed by atoms with Crippen molar-refractivity contribution in [2.45, 2.75) is 26.7 Å². The van der Waals surface area contributed by atoms with Crippen molar-refractivity contribution in [3.63, 3.8) is 0 Å². The lowest BCUT2D eigenvalue weighted by molar-refractivity contribution is 0.332. The van der Waals surface area contributed by atoms with E-state index in [4.69, 9.17) is 10.3 Å². The first-order valence-electron chi connectivity index (χ1n) is 6.62. The van der Waals surface area contributed by atoms with Gasteiger partial charge in [-0.25, -0.2) is 0 Å². The van der Waals surface area contributed by atoms with Crippen LogP contribution in [0.15, 0.2) is 29.0 Å². The molecule has 0 aliphatic heterocycles. The van der Waals surface area contributed by atoms with Crippen LogP contribution in [0.4, 0.5) is 0 Å². The van der Waals surface area contributed by atoms with Crippen molar-refractivity contribution < 1.29 is 4.52 Å². The largest absolute Gasteiger partial charge is 0.339 e.